The summed E-state index contributed by atoms with van der Waals surface area (Å²) >= 11 is 0. The molecular weight excluding hydrogens is 303 g/mol. The number of hydrogen-bond donors (Lipinski definition) is 0. The van der Waals surface area contributed by atoms with Gasteiger partial charge in [0, 0.05) is 11.6 Å². The van der Waals surface area contributed by atoms with Gasteiger partial charge in [-0.25, -0.2) is 4.79 Å². The molecule has 0 aromatic heterocycles. The molecule has 2 aliphatic heterocycles. The largest absolute Gasteiger partial charge is 0.442 e. The highest BCUT2D eigenvalue weighted by Gasteiger charge is 2.65. The SMILES string of the molecule is O=C(ON1CC=CC1=O)c1ccc(C2(C(F)(F)F)N=N2)cc1. The number of nitrogens with zero attached hydrogens (tertiary/aromatic N) is 3. The standard InChI is InChI=1S/C13H8F3N3O3/c14-13(15,16)12(17-18-12)9-5-3-8(4-6-9)11(21)22-19-7-1-2-10(19)20/h1-6H,7H2. The van der Waals surface area contributed by atoms with Crippen LogP contribution in [0.15, 0.2) is 46.6 Å². The third-order valence-electron chi connectivity index (χ3n) is 3.19. The maximum absolute atomic E-state index is 12.8. The van der Waals surface area contributed by atoms with Crippen LogP contribution in [0.25, 0.3) is 0 Å². The summed E-state index contributed by atoms with van der Waals surface area (Å²) in [6, 6.07) is 4.55. The summed E-state index contributed by atoms with van der Waals surface area (Å²) in [6.45, 7) is 0.137. The van der Waals surface area contributed by atoms with E-state index in [0.717, 1.165) is 17.2 Å². The minimum atomic E-state index is -4.62. The van der Waals surface area contributed by atoms with Crippen molar-refractivity contribution in [3.63, 3.8) is 0 Å². The minimum Gasteiger partial charge on any atom is -0.332 e. The number of benzene rings is 1. The molecule has 3 rings (SSSR count). The van der Waals surface area contributed by atoms with Gasteiger partial charge in [0.2, 0.25) is 0 Å². The lowest BCUT2D eigenvalue weighted by atomic mass is 10.0. The average molecular weight is 311 g/mol. The fourth-order valence-electron chi connectivity index (χ4n) is 1.94. The van der Waals surface area contributed by atoms with Gasteiger partial charge in [-0.15, -0.1) is 10.2 Å². The van der Waals surface area contributed by atoms with Crippen LogP contribution in [0.2, 0.25) is 0 Å². The maximum Gasteiger partial charge on any atom is 0.442 e. The highest BCUT2D eigenvalue weighted by Crippen LogP contribution is 2.52. The number of amides is 1. The molecule has 114 valence electrons. The smallest absolute Gasteiger partial charge is 0.332 e. The third kappa shape index (κ3) is 2.24. The van der Waals surface area contributed by atoms with E-state index in [2.05, 4.69) is 10.2 Å². The van der Waals surface area contributed by atoms with Gasteiger partial charge in [0.25, 0.3) is 5.91 Å². The Kier molecular flexibility index (Phi) is 3.01. The molecule has 0 unspecified atom stereocenters. The number of hydroxylamine groups is 2. The van der Waals surface area contributed by atoms with Gasteiger partial charge in [0.1, 0.15) is 0 Å². The number of hydrogen-bond acceptors (Lipinski definition) is 5. The van der Waals surface area contributed by atoms with Crippen LogP contribution in [0.3, 0.4) is 0 Å². The minimum absolute atomic E-state index is 0.0152. The Balaban J connectivity index is 1.72. The second kappa shape index (κ2) is 4.65. The van der Waals surface area contributed by atoms with Crippen LogP contribution in [0.5, 0.6) is 0 Å². The molecule has 0 fully saturated rings. The molecule has 2 aliphatic rings. The molecule has 0 saturated heterocycles. The lowest BCUT2D eigenvalue weighted by Crippen LogP contribution is -2.30. The molecule has 1 aromatic carbocycles. The first-order chi connectivity index (χ1) is 10.3. The third-order valence-corrected chi connectivity index (χ3v) is 3.19. The highest BCUT2D eigenvalue weighted by atomic mass is 19.4. The van der Waals surface area contributed by atoms with E-state index < -0.39 is 23.7 Å². The lowest BCUT2D eigenvalue weighted by Gasteiger charge is -2.16. The predicted molar refractivity (Wildman–Crippen MR) is 65.3 cm³/mol. The Morgan fingerprint density at radius 3 is 2.32 bits per heavy atom. The van der Waals surface area contributed by atoms with Gasteiger partial charge in [-0.05, 0) is 12.1 Å². The van der Waals surface area contributed by atoms with E-state index in [0.29, 0.717) is 0 Å². The van der Waals surface area contributed by atoms with Crippen LogP contribution < -0.4 is 0 Å². The van der Waals surface area contributed by atoms with Crippen molar-refractivity contribution >= 4 is 11.9 Å². The lowest BCUT2D eigenvalue weighted by molar-refractivity contribution is -0.166. The maximum atomic E-state index is 12.8. The molecule has 9 heteroatoms. The Morgan fingerprint density at radius 1 is 1.23 bits per heavy atom. The Hall–Kier alpha value is -2.71. The zero-order chi connectivity index (χ0) is 16.0. The molecule has 0 bridgehead atoms. The van der Waals surface area contributed by atoms with Crippen molar-refractivity contribution in [2.45, 2.75) is 11.8 Å². The van der Waals surface area contributed by atoms with Crippen LogP contribution in [0.1, 0.15) is 15.9 Å². The zero-order valence-electron chi connectivity index (χ0n) is 10.9. The second-order valence-corrected chi connectivity index (χ2v) is 4.63. The Bertz CT molecular complexity index is 689. The normalized spacial score (nSPS) is 18.7. The summed E-state index contributed by atoms with van der Waals surface area (Å²) < 4.78 is 38.5. The first-order valence-corrected chi connectivity index (χ1v) is 6.15. The number of carbonyl (C=O) groups excluding carboxylic acids is 2. The van der Waals surface area contributed by atoms with Gasteiger partial charge in [-0.2, -0.15) is 18.2 Å². The molecule has 1 amide bonds. The number of carbonyl (C=O) groups is 2. The van der Waals surface area contributed by atoms with Crippen LogP contribution in [-0.4, -0.2) is 29.7 Å². The molecule has 0 radical (unpaired) electrons. The van der Waals surface area contributed by atoms with E-state index in [9.17, 15) is 22.8 Å². The van der Waals surface area contributed by atoms with Crippen LogP contribution in [-0.2, 0) is 15.3 Å². The molecule has 0 atom stereocenters. The van der Waals surface area contributed by atoms with Crippen LogP contribution in [0.4, 0.5) is 13.2 Å². The second-order valence-electron chi connectivity index (χ2n) is 4.63. The number of halogens is 3. The van der Waals surface area contributed by atoms with Crippen molar-refractivity contribution in [2.24, 2.45) is 10.2 Å². The van der Waals surface area contributed by atoms with E-state index in [4.69, 9.17) is 4.84 Å². The van der Waals surface area contributed by atoms with Crippen LogP contribution >= 0.6 is 0 Å². The first-order valence-electron chi connectivity index (χ1n) is 6.15. The molecule has 6 nitrogen and oxygen atoms in total. The molecule has 0 aliphatic carbocycles. The van der Waals surface area contributed by atoms with E-state index in [1.807, 2.05) is 0 Å². The van der Waals surface area contributed by atoms with E-state index in [1.54, 1.807) is 0 Å². The Morgan fingerprint density at radius 2 is 1.86 bits per heavy atom. The van der Waals surface area contributed by atoms with Crippen molar-refractivity contribution in [1.29, 1.82) is 0 Å². The first kappa shape index (κ1) is 14.2. The molecule has 0 saturated carbocycles. The van der Waals surface area contributed by atoms with Crippen molar-refractivity contribution in [3.05, 3.63) is 47.5 Å². The van der Waals surface area contributed by atoms with Gasteiger partial charge in [-0.3, -0.25) is 4.79 Å². The van der Waals surface area contributed by atoms with E-state index in [-0.39, 0.29) is 17.7 Å². The molecule has 1 aromatic rings. The predicted octanol–water partition coefficient (Wildman–Crippen LogP) is 2.34. The zero-order valence-corrected chi connectivity index (χ0v) is 10.9. The van der Waals surface area contributed by atoms with Crippen molar-refractivity contribution in [3.8, 4) is 0 Å². The molecule has 0 spiro atoms. The average Bonchev–Trinajstić information content (AvgIpc) is 3.20. The Labute approximate surface area is 121 Å². The topological polar surface area (TPSA) is 71.3 Å². The van der Waals surface area contributed by atoms with Gasteiger partial charge in [-0.1, -0.05) is 18.2 Å². The summed E-state index contributed by atoms with van der Waals surface area (Å²) in [6.07, 6.45) is -1.86. The fraction of sp³-hybridized carbons (Fsp3) is 0.231. The van der Waals surface area contributed by atoms with Crippen molar-refractivity contribution in [1.82, 2.24) is 5.06 Å². The summed E-state index contributed by atoms with van der Waals surface area (Å²) in [4.78, 5) is 27.9. The summed E-state index contributed by atoms with van der Waals surface area (Å²) in [5, 5.41) is 6.98. The van der Waals surface area contributed by atoms with E-state index >= 15 is 0 Å². The van der Waals surface area contributed by atoms with Gasteiger partial charge in [0.15, 0.2) is 0 Å². The van der Waals surface area contributed by atoms with Crippen LogP contribution in [0, 0.1) is 0 Å². The molecule has 2 heterocycles. The van der Waals surface area contributed by atoms with Crippen molar-refractivity contribution in [2.75, 3.05) is 6.54 Å². The fourth-order valence-corrected chi connectivity index (χ4v) is 1.94. The number of rotatable bonds is 3. The monoisotopic (exact) mass is 311 g/mol. The van der Waals surface area contributed by atoms with Gasteiger partial charge < -0.3 is 4.84 Å². The quantitative estimate of drug-likeness (QED) is 0.860. The number of alkyl halides is 3. The van der Waals surface area contributed by atoms with Gasteiger partial charge >= 0.3 is 17.8 Å². The molecule has 0 N–H and O–H groups in total. The summed E-state index contributed by atoms with van der Waals surface area (Å²) in [5.41, 5.74) is -2.69. The highest BCUT2D eigenvalue weighted by molar-refractivity contribution is 5.93. The molecule has 22 heavy (non-hydrogen) atoms. The molecular formula is C13H8F3N3O3. The summed E-state index contributed by atoms with van der Waals surface area (Å²) in [7, 11) is 0. The van der Waals surface area contributed by atoms with Crippen molar-refractivity contribution < 1.29 is 27.6 Å². The van der Waals surface area contributed by atoms with E-state index in [1.165, 1.54) is 24.3 Å². The van der Waals surface area contributed by atoms with Gasteiger partial charge in [0.05, 0.1) is 12.1 Å². The summed E-state index contributed by atoms with van der Waals surface area (Å²) in [5.74, 6) is -1.31.